The number of aliphatic hydroxyl groups excluding tert-OH is 1. The Balaban J connectivity index is 1.22. The predicted octanol–water partition coefficient (Wildman–Crippen LogP) is 8.58. The summed E-state index contributed by atoms with van der Waals surface area (Å²) in [6.45, 7) is 10.3. The highest BCUT2D eigenvalue weighted by Gasteiger charge is 2.51. The molecule has 0 aromatic heterocycles. The lowest BCUT2D eigenvalue weighted by atomic mass is 9.70. The Morgan fingerprint density at radius 3 is 2.31 bits per heavy atom. The largest absolute Gasteiger partial charge is 0.487 e. The van der Waals surface area contributed by atoms with E-state index in [4.69, 9.17) is 20.8 Å². The van der Waals surface area contributed by atoms with Gasteiger partial charge in [0.15, 0.2) is 0 Å². The van der Waals surface area contributed by atoms with Gasteiger partial charge in [-0.1, -0.05) is 111 Å². The fourth-order valence-electron chi connectivity index (χ4n) is 9.38. The lowest BCUT2D eigenvalue weighted by Gasteiger charge is -2.45. The molecule has 3 aliphatic rings. The van der Waals surface area contributed by atoms with Crippen molar-refractivity contribution in [3.05, 3.63) is 131 Å². The van der Waals surface area contributed by atoms with Gasteiger partial charge in [-0.05, 0) is 127 Å². The van der Waals surface area contributed by atoms with Crippen LogP contribution in [-0.4, -0.2) is 58.3 Å². The van der Waals surface area contributed by atoms with Crippen LogP contribution in [0, 0.1) is 11.8 Å². The first-order valence-corrected chi connectivity index (χ1v) is 25.1. The Morgan fingerprint density at radius 2 is 1.64 bits per heavy atom. The molecular weight excluding hydrogens is 796 g/mol. The summed E-state index contributed by atoms with van der Waals surface area (Å²) in [6.07, 6.45) is 8.11. The standard InChI is InChI=1S/C48H59ClN2O6SSi/c1-34(57-59(48(2,3)4,41-17-7-5-8-18-41)42-19-9-6-10-20-42)29-40-16-11-12-21-45(52)43-26-23-37(43)32-51-28-14-13-15-35-30-39(49)25-22-38(35)33-56-46-27-24-36(31-44(46)51)47(53)50-58(40,54)55/h5-10,12,17-22,24-25,27,30-31,34,37,40,43,45,52H,11,13-16,23,26,28-29,32-33H2,1-4H3,(H,50,53)/b21-12-/t34-,37-,40+,43+,45-/m0/s1. The van der Waals surface area contributed by atoms with Gasteiger partial charge in [0.2, 0.25) is 10.0 Å². The topological polar surface area (TPSA) is 105 Å². The maximum absolute atomic E-state index is 14.5. The number of hydrogen-bond donors (Lipinski definition) is 2. The second-order valence-electron chi connectivity index (χ2n) is 17.7. The molecule has 314 valence electrons. The van der Waals surface area contributed by atoms with Crippen LogP contribution in [-0.2, 0) is 27.5 Å². The minimum Gasteiger partial charge on any atom is -0.487 e. The van der Waals surface area contributed by atoms with Crippen LogP contribution >= 0.6 is 11.6 Å². The summed E-state index contributed by atoms with van der Waals surface area (Å²) in [5.74, 6) is 0.282. The summed E-state index contributed by atoms with van der Waals surface area (Å²) in [5, 5.41) is 13.1. The zero-order valence-corrected chi connectivity index (χ0v) is 37.4. The second-order valence-corrected chi connectivity index (χ2v) is 24.4. The van der Waals surface area contributed by atoms with Crippen molar-refractivity contribution in [1.29, 1.82) is 0 Å². The highest BCUT2D eigenvalue weighted by atomic mass is 35.5. The number of ether oxygens (including phenoxy) is 1. The molecule has 1 saturated carbocycles. The second kappa shape index (κ2) is 18.4. The fraction of sp³-hybridized carbons (Fsp3) is 0.438. The maximum atomic E-state index is 14.5. The van der Waals surface area contributed by atoms with E-state index < -0.39 is 41.7 Å². The Morgan fingerprint density at radius 1 is 0.932 bits per heavy atom. The van der Waals surface area contributed by atoms with Gasteiger partial charge < -0.3 is 19.2 Å². The summed E-state index contributed by atoms with van der Waals surface area (Å²) in [5.41, 5.74) is 3.22. The van der Waals surface area contributed by atoms with Crippen LogP contribution in [0.25, 0.3) is 0 Å². The first kappa shape index (κ1) is 43.2. The number of nitrogens with one attached hydrogen (secondary N) is 1. The molecule has 0 saturated heterocycles. The zero-order chi connectivity index (χ0) is 41.8. The van der Waals surface area contributed by atoms with Gasteiger partial charge in [0.25, 0.3) is 14.2 Å². The van der Waals surface area contributed by atoms with Gasteiger partial charge in [0, 0.05) is 29.8 Å². The number of rotatable bonds is 6. The molecule has 0 radical (unpaired) electrons. The number of carbonyl (C=O) groups excluding carboxylic acids is 1. The first-order chi connectivity index (χ1) is 28.2. The van der Waals surface area contributed by atoms with Crippen molar-refractivity contribution in [3.8, 4) is 5.75 Å². The Hall–Kier alpha value is -3.93. The molecule has 8 nitrogen and oxygen atoms in total. The van der Waals surface area contributed by atoms with Crippen molar-refractivity contribution < 1.29 is 27.5 Å². The maximum Gasteiger partial charge on any atom is 0.264 e. The van der Waals surface area contributed by atoms with Crippen LogP contribution in [0.4, 0.5) is 5.69 Å². The molecule has 2 N–H and O–H groups in total. The van der Waals surface area contributed by atoms with Crippen LogP contribution in [0.15, 0.2) is 109 Å². The number of fused-ring (bicyclic) bond motifs is 3. The molecule has 2 aliphatic heterocycles. The number of amides is 1. The van der Waals surface area contributed by atoms with Crippen LogP contribution in [0.1, 0.15) is 94.1 Å². The number of aryl methyl sites for hydroxylation is 1. The summed E-state index contributed by atoms with van der Waals surface area (Å²) in [4.78, 5) is 16.4. The molecular formula is C48H59ClN2O6SSi. The quantitative estimate of drug-likeness (QED) is 0.148. The normalized spacial score (nSPS) is 23.8. The van der Waals surface area contributed by atoms with Crippen molar-refractivity contribution in [2.75, 3.05) is 18.0 Å². The molecule has 0 spiro atoms. The number of sulfonamides is 1. The number of nitrogens with zero attached hydrogens (tertiary/aromatic N) is 1. The third kappa shape index (κ3) is 9.68. The smallest absolute Gasteiger partial charge is 0.264 e. The predicted molar refractivity (Wildman–Crippen MR) is 241 cm³/mol. The van der Waals surface area contributed by atoms with Crippen LogP contribution in [0.3, 0.4) is 0 Å². The molecule has 2 bridgehead atoms. The molecule has 11 heteroatoms. The molecule has 7 rings (SSSR count). The number of hydrogen-bond acceptors (Lipinski definition) is 7. The molecule has 2 heterocycles. The number of carbonyl (C=O) groups is 1. The van der Waals surface area contributed by atoms with E-state index in [0.29, 0.717) is 30.3 Å². The molecule has 0 unspecified atom stereocenters. The monoisotopic (exact) mass is 854 g/mol. The SMILES string of the molecule is C[C@@H](C[C@H]1CC/C=C\[C@H](O)[C@@H]2CC[C@H]2CN2CCCCc3cc(Cl)ccc3COc3ccc(cc32)C(=O)NS1(=O)=O)O[Si](c1ccccc1)(c1ccccc1)C(C)(C)C. The van der Waals surface area contributed by atoms with Gasteiger partial charge in [-0.25, -0.2) is 13.1 Å². The van der Waals surface area contributed by atoms with Crippen molar-refractivity contribution in [3.63, 3.8) is 0 Å². The number of halogens is 1. The van der Waals surface area contributed by atoms with Gasteiger partial charge in [-0.15, -0.1) is 0 Å². The van der Waals surface area contributed by atoms with Crippen LogP contribution < -0.4 is 24.7 Å². The summed E-state index contributed by atoms with van der Waals surface area (Å²) >= 11 is 6.39. The molecule has 4 aromatic rings. The minimum absolute atomic E-state index is 0.0824. The highest BCUT2D eigenvalue weighted by molar-refractivity contribution is 7.90. The van der Waals surface area contributed by atoms with Crippen molar-refractivity contribution >= 4 is 51.9 Å². The summed E-state index contributed by atoms with van der Waals surface area (Å²) < 4.78 is 45.3. The number of benzene rings is 4. The molecule has 5 atom stereocenters. The minimum atomic E-state index is -4.20. The molecule has 4 aromatic carbocycles. The lowest BCUT2D eigenvalue weighted by Crippen LogP contribution is -2.67. The fourth-order valence-corrected chi connectivity index (χ4v) is 15.8. The van der Waals surface area contributed by atoms with Gasteiger partial charge in [0.1, 0.15) is 12.4 Å². The van der Waals surface area contributed by atoms with Crippen molar-refractivity contribution in [2.24, 2.45) is 11.8 Å². The van der Waals surface area contributed by atoms with E-state index in [-0.39, 0.29) is 35.3 Å². The van der Waals surface area contributed by atoms with Gasteiger partial charge in [-0.2, -0.15) is 0 Å². The van der Waals surface area contributed by atoms with E-state index in [1.54, 1.807) is 18.2 Å². The molecule has 1 aliphatic carbocycles. The Labute approximate surface area is 357 Å². The Kier molecular flexibility index (Phi) is 13.4. The summed E-state index contributed by atoms with van der Waals surface area (Å²) in [7, 11) is -7.20. The molecule has 1 fully saturated rings. The van der Waals surface area contributed by atoms with Gasteiger partial charge in [0.05, 0.1) is 17.0 Å². The average molecular weight is 856 g/mol. The van der Waals surface area contributed by atoms with Gasteiger partial charge in [-0.3, -0.25) is 4.79 Å². The third-order valence-electron chi connectivity index (χ3n) is 12.7. The Bertz CT molecular complexity index is 2170. The molecule has 1 amide bonds. The number of aliphatic hydroxyl groups is 1. The lowest BCUT2D eigenvalue weighted by molar-refractivity contribution is 0.0461. The highest BCUT2D eigenvalue weighted by Crippen LogP contribution is 2.42. The van der Waals surface area contributed by atoms with E-state index >= 15 is 0 Å². The summed E-state index contributed by atoms with van der Waals surface area (Å²) in [6, 6.07) is 31.7. The van der Waals surface area contributed by atoms with Crippen molar-refractivity contribution in [1.82, 2.24) is 4.72 Å². The van der Waals surface area contributed by atoms with E-state index in [1.807, 2.05) is 73.7 Å². The van der Waals surface area contributed by atoms with E-state index in [2.05, 4.69) is 54.7 Å². The van der Waals surface area contributed by atoms with Crippen molar-refractivity contribution in [2.45, 2.75) is 108 Å². The van der Waals surface area contributed by atoms with E-state index in [1.165, 1.54) is 0 Å². The number of allylic oxidation sites excluding steroid dienone is 1. The zero-order valence-electron chi connectivity index (χ0n) is 34.8. The van der Waals surface area contributed by atoms with Crippen LogP contribution in [0.5, 0.6) is 5.75 Å². The number of anilines is 1. The average Bonchev–Trinajstić information content (AvgIpc) is 3.22. The van der Waals surface area contributed by atoms with E-state index in [9.17, 15) is 18.3 Å². The molecule has 59 heavy (non-hydrogen) atoms. The van der Waals surface area contributed by atoms with Gasteiger partial charge >= 0.3 is 0 Å². The van der Waals surface area contributed by atoms with Crippen LogP contribution in [0.2, 0.25) is 10.1 Å². The van der Waals surface area contributed by atoms with E-state index in [0.717, 1.165) is 65.8 Å². The third-order valence-corrected chi connectivity index (χ3v) is 19.8. The first-order valence-electron chi connectivity index (χ1n) is 21.2.